The molecule has 6 heteroatoms. The first-order valence-electron chi connectivity index (χ1n) is 10.7. The summed E-state index contributed by atoms with van der Waals surface area (Å²) in [4.78, 5) is 20.5. The summed E-state index contributed by atoms with van der Waals surface area (Å²) in [6.07, 6.45) is 23.3. The molecule has 0 spiro atoms. The van der Waals surface area contributed by atoms with Gasteiger partial charge in [0.2, 0.25) is 0 Å². The van der Waals surface area contributed by atoms with Crippen molar-refractivity contribution in [2.75, 3.05) is 6.61 Å². The number of hydrogen-bond acceptors (Lipinski definition) is 4. The Hall–Kier alpha value is 1.75. The van der Waals surface area contributed by atoms with Crippen LogP contribution < -0.4 is 61.2 Å². The van der Waals surface area contributed by atoms with E-state index in [0.29, 0.717) is 6.42 Å². The molecule has 0 aliphatic rings. The Kier molecular flexibility index (Phi) is 26.5. The Labute approximate surface area is 205 Å². The smallest absolute Gasteiger partial charge is 0.790 e. The van der Waals surface area contributed by atoms with Crippen LogP contribution in [-0.4, -0.2) is 6.61 Å². The molecule has 0 amide bonds. The first-order valence-corrected chi connectivity index (χ1v) is 12.2. The van der Waals surface area contributed by atoms with Gasteiger partial charge in [-0.1, -0.05) is 116 Å². The van der Waals surface area contributed by atoms with E-state index in [4.69, 9.17) is 0 Å². The van der Waals surface area contributed by atoms with Crippen LogP contribution in [0.5, 0.6) is 0 Å². The van der Waals surface area contributed by atoms with E-state index in [2.05, 4.69) is 11.4 Å². The molecule has 0 aromatic heterocycles. The minimum atomic E-state index is -4.76. The van der Waals surface area contributed by atoms with Gasteiger partial charge in [0.25, 0.3) is 0 Å². The van der Waals surface area contributed by atoms with E-state index in [1.54, 1.807) is 0 Å². The SMILES string of the molecule is CCCCCCCCCCCCCCCCCCCCOP(=O)([O-])[O-].[K+]. The summed E-state index contributed by atoms with van der Waals surface area (Å²) >= 11 is 0. The van der Waals surface area contributed by atoms with Gasteiger partial charge in [0, 0.05) is 0 Å². The molecule has 0 saturated heterocycles. The first kappa shape index (κ1) is 29.9. The van der Waals surface area contributed by atoms with Gasteiger partial charge in [-0.05, 0) is 6.42 Å². The van der Waals surface area contributed by atoms with Gasteiger partial charge in [-0.3, -0.25) is 0 Å². The normalized spacial score (nSPS) is 11.5. The third kappa shape index (κ3) is 28.0. The largest absolute Gasteiger partial charge is 1.00 e. The van der Waals surface area contributed by atoms with Crippen LogP contribution in [0.1, 0.15) is 122 Å². The predicted molar refractivity (Wildman–Crippen MR) is 102 cm³/mol. The second kappa shape index (κ2) is 23.0. The molecule has 0 saturated carbocycles. The van der Waals surface area contributed by atoms with Crippen LogP contribution in [0.15, 0.2) is 0 Å². The summed E-state index contributed by atoms with van der Waals surface area (Å²) in [5.74, 6) is 0. The molecule has 26 heavy (non-hydrogen) atoms. The molecule has 0 atom stereocenters. The number of phosphoric acid groups is 1. The van der Waals surface area contributed by atoms with Crippen LogP contribution in [0.4, 0.5) is 0 Å². The second-order valence-corrected chi connectivity index (χ2v) is 8.44. The Morgan fingerprint density at radius 3 is 1.12 bits per heavy atom. The van der Waals surface area contributed by atoms with Crippen molar-refractivity contribution in [3.8, 4) is 0 Å². The average Bonchev–Trinajstić information content (AvgIpc) is 2.56. The van der Waals surface area contributed by atoms with Crippen molar-refractivity contribution in [3.05, 3.63) is 0 Å². The molecule has 0 unspecified atom stereocenters. The molecular weight excluding hydrogens is 374 g/mol. The molecule has 0 radical (unpaired) electrons. The molecule has 0 aromatic carbocycles. The van der Waals surface area contributed by atoms with Crippen LogP contribution in [0, 0.1) is 0 Å². The third-order valence-corrected chi connectivity index (χ3v) is 5.25. The predicted octanol–water partition coefficient (Wildman–Crippen LogP) is 2.88. The minimum absolute atomic E-state index is 0. The summed E-state index contributed by atoms with van der Waals surface area (Å²) in [6.45, 7) is 2.31. The summed E-state index contributed by atoms with van der Waals surface area (Å²) in [5.41, 5.74) is 0. The van der Waals surface area contributed by atoms with E-state index in [1.807, 2.05) is 0 Å². The molecule has 152 valence electrons. The zero-order valence-electron chi connectivity index (χ0n) is 17.5. The van der Waals surface area contributed by atoms with Gasteiger partial charge in [-0.25, -0.2) is 0 Å². The third-order valence-electron chi connectivity index (χ3n) is 4.75. The topological polar surface area (TPSA) is 72.4 Å². The molecule has 0 aliphatic carbocycles. The maximum atomic E-state index is 10.3. The van der Waals surface area contributed by atoms with E-state index in [0.717, 1.165) is 12.8 Å². The van der Waals surface area contributed by atoms with Crippen molar-refractivity contribution >= 4 is 7.82 Å². The van der Waals surface area contributed by atoms with Gasteiger partial charge in [0.1, 0.15) is 0 Å². The number of unbranched alkanes of at least 4 members (excludes halogenated alkanes) is 17. The average molecular weight is 416 g/mol. The minimum Gasteiger partial charge on any atom is -0.790 e. The Balaban J connectivity index is 0. The van der Waals surface area contributed by atoms with Crippen LogP contribution in [0.3, 0.4) is 0 Å². The molecular formula is C20H41KO4P-. The zero-order chi connectivity index (χ0) is 18.6. The maximum Gasteiger partial charge on any atom is 1.00 e. The summed E-state index contributed by atoms with van der Waals surface area (Å²) in [7, 11) is -4.76. The number of phosphoric ester groups is 1. The van der Waals surface area contributed by atoms with Crippen molar-refractivity contribution < 1.29 is 70.3 Å². The van der Waals surface area contributed by atoms with E-state index in [9.17, 15) is 14.4 Å². The Morgan fingerprint density at radius 1 is 0.577 bits per heavy atom. The van der Waals surface area contributed by atoms with Gasteiger partial charge < -0.3 is 18.9 Å². The summed E-state index contributed by atoms with van der Waals surface area (Å²) in [6, 6.07) is 0. The molecule has 4 nitrogen and oxygen atoms in total. The van der Waals surface area contributed by atoms with Crippen molar-refractivity contribution in [3.63, 3.8) is 0 Å². The zero-order valence-corrected chi connectivity index (χ0v) is 21.5. The fraction of sp³-hybridized carbons (Fsp3) is 1.00. The van der Waals surface area contributed by atoms with Crippen LogP contribution in [-0.2, 0) is 9.09 Å². The standard InChI is InChI=1S/C20H43O4P.K/c1-2-3-4-5-6-7-8-9-10-11-12-13-14-15-16-17-18-19-20-24-25(21,22)23;/h2-20H2,1H3,(H2,21,22,23);/q;+1/p-2. The van der Waals surface area contributed by atoms with Crippen molar-refractivity contribution in [2.45, 2.75) is 122 Å². The van der Waals surface area contributed by atoms with Gasteiger partial charge in [-0.2, -0.15) is 0 Å². The van der Waals surface area contributed by atoms with Gasteiger partial charge in [0.05, 0.1) is 14.4 Å². The number of rotatable bonds is 20. The van der Waals surface area contributed by atoms with Crippen molar-refractivity contribution in [1.29, 1.82) is 0 Å². The second-order valence-electron chi connectivity index (χ2n) is 7.29. The van der Waals surface area contributed by atoms with Crippen LogP contribution in [0.2, 0.25) is 0 Å². The summed E-state index contributed by atoms with van der Waals surface area (Å²) < 4.78 is 14.5. The molecule has 0 aliphatic heterocycles. The Morgan fingerprint density at radius 2 is 0.846 bits per heavy atom. The molecule has 0 bridgehead atoms. The van der Waals surface area contributed by atoms with E-state index >= 15 is 0 Å². The van der Waals surface area contributed by atoms with Crippen molar-refractivity contribution in [1.82, 2.24) is 0 Å². The fourth-order valence-electron chi connectivity index (χ4n) is 3.18. The van der Waals surface area contributed by atoms with E-state index in [1.165, 1.54) is 96.3 Å². The maximum absolute atomic E-state index is 10.3. The van der Waals surface area contributed by atoms with E-state index < -0.39 is 7.82 Å². The molecule has 0 N–H and O–H groups in total. The van der Waals surface area contributed by atoms with Crippen molar-refractivity contribution in [2.24, 2.45) is 0 Å². The van der Waals surface area contributed by atoms with Gasteiger partial charge in [0.15, 0.2) is 0 Å². The summed E-state index contributed by atoms with van der Waals surface area (Å²) in [5, 5.41) is 0. The molecule has 0 rings (SSSR count). The Bertz CT molecular complexity index is 310. The first-order chi connectivity index (χ1) is 12.1. The van der Waals surface area contributed by atoms with Crippen LogP contribution >= 0.6 is 7.82 Å². The van der Waals surface area contributed by atoms with E-state index in [-0.39, 0.29) is 58.0 Å². The molecule has 0 fully saturated rings. The molecule has 0 aromatic rings. The fourth-order valence-corrected chi connectivity index (χ4v) is 3.53. The number of hydrogen-bond donors (Lipinski definition) is 0. The quantitative estimate of drug-likeness (QED) is 0.174. The van der Waals surface area contributed by atoms with Gasteiger partial charge in [-0.15, -0.1) is 0 Å². The monoisotopic (exact) mass is 415 g/mol. The molecule has 0 heterocycles. The van der Waals surface area contributed by atoms with Crippen LogP contribution in [0.25, 0.3) is 0 Å². The van der Waals surface area contributed by atoms with Gasteiger partial charge >= 0.3 is 51.4 Å².